The Balaban J connectivity index is 0.000000182. The molecule has 3 aliphatic rings. The Labute approximate surface area is 316 Å². The molecule has 10 nitrogen and oxygen atoms in total. The van der Waals surface area contributed by atoms with Crippen LogP contribution in [0.5, 0.6) is 0 Å². The number of carbonyl (C=O) groups excluding carboxylic acids is 4. The summed E-state index contributed by atoms with van der Waals surface area (Å²) in [6.07, 6.45) is 0. The molecule has 0 aromatic carbocycles. The molecule has 0 aliphatic carbocycles. The zero-order valence-electron chi connectivity index (χ0n) is 27.8. The Hall–Kier alpha value is -2.95. The molecule has 3 saturated heterocycles. The first-order valence-corrected chi connectivity index (χ1v) is 19.9. The van der Waals surface area contributed by atoms with Crippen LogP contribution < -0.4 is 5.32 Å². The Morgan fingerprint density at radius 3 is 1.08 bits per heavy atom. The number of carbonyl (C=O) groups is 4. The van der Waals surface area contributed by atoms with Gasteiger partial charge in [-0.1, -0.05) is 31.7 Å². The highest BCUT2D eigenvalue weighted by Gasteiger charge is 2.22. The van der Waals surface area contributed by atoms with Gasteiger partial charge in [-0.15, -0.1) is 45.3 Å². The minimum absolute atomic E-state index is 0. The molecule has 4 aromatic heterocycles. The van der Waals surface area contributed by atoms with E-state index in [2.05, 4.69) is 29.2 Å². The molecule has 3 amide bonds. The molecule has 3 fully saturated rings. The Kier molecular flexibility index (Phi) is 18.3. The standard InChI is InChI=1S/2C10H14N2OS.C9H12N2OS.C5H3ClOS.CH4/c2*1-11-4-6-12(7-5-11)10(13)9-3-2-8-14-9;12-9(8-2-1-7-13-8)11-5-3-10-4-6-11;6-5(7)4-2-1-3-8-4;/h2*2-3,8H,4-7H2,1H3;1-2,7,10H,3-6H2;1-3H;1H4. The molecule has 7 rings (SSSR count). The summed E-state index contributed by atoms with van der Waals surface area (Å²) < 4.78 is 0. The van der Waals surface area contributed by atoms with Crippen LogP contribution in [0.1, 0.15) is 46.1 Å². The molecular formula is C35H47ClN6O4S4. The van der Waals surface area contributed by atoms with Crippen LogP contribution >= 0.6 is 56.9 Å². The predicted molar refractivity (Wildman–Crippen MR) is 210 cm³/mol. The monoisotopic (exact) mass is 778 g/mol. The summed E-state index contributed by atoms with van der Waals surface area (Å²) in [6.45, 7) is 10.8. The van der Waals surface area contributed by atoms with Crippen LogP contribution in [0.25, 0.3) is 0 Å². The van der Waals surface area contributed by atoms with Gasteiger partial charge in [0.25, 0.3) is 23.0 Å². The normalized spacial score (nSPS) is 16.3. The topological polar surface area (TPSA) is 96.5 Å². The molecular weight excluding hydrogens is 732 g/mol. The minimum Gasteiger partial charge on any atom is -0.335 e. The summed E-state index contributed by atoms with van der Waals surface area (Å²) in [5.74, 6) is 0.553. The molecule has 0 radical (unpaired) electrons. The van der Waals surface area contributed by atoms with Gasteiger partial charge in [-0.2, -0.15) is 0 Å². The molecule has 272 valence electrons. The van der Waals surface area contributed by atoms with Crippen molar-refractivity contribution >= 4 is 79.9 Å². The van der Waals surface area contributed by atoms with Crippen molar-refractivity contribution in [2.75, 3.05) is 92.6 Å². The Bertz CT molecular complexity index is 1470. The Morgan fingerprint density at radius 1 is 0.520 bits per heavy atom. The zero-order valence-corrected chi connectivity index (χ0v) is 31.8. The van der Waals surface area contributed by atoms with Gasteiger partial charge in [0.1, 0.15) is 0 Å². The number of piperazine rings is 3. The predicted octanol–water partition coefficient (Wildman–Crippen LogP) is 5.83. The van der Waals surface area contributed by atoms with Gasteiger partial charge in [-0.3, -0.25) is 19.2 Å². The van der Waals surface area contributed by atoms with E-state index in [0.29, 0.717) is 4.88 Å². The second-order valence-electron chi connectivity index (χ2n) is 11.4. The minimum atomic E-state index is -0.375. The number of nitrogens with zero attached hydrogens (tertiary/aromatic N) is 5. The molecule has 3 aliphatic heterocycles. The quantitative estimate of drug-likeness (QED) is 0.261. The average Bonchev–Trinajstić information content (AvgIpc) is 3.97. The van der Waals surface area contributed by atoms with E-state index in [-0.39, 0.29) is 30.4 Å². The number of hydrogen-bond donors (Lipinski definition) is 1. The number of likely N-dealkylation sites (N-methyl/N-ethyl adjacent to an activating group) is 2. The fraction of sp³-hybridized carbons (Fsp3) is 0.429. The highest BCUT2D eigenvalue weighted by atomic mass is 35.5. The SMILES string of the molecule is C.CN1CCN(C(=O)c2cccs2)CC1.CN1CCN(C(=O)c2cccs2)CC1.O=C(Cl)c1cccs1.O=C(c1cccs1)N1CCNCC1. The lowest BCUT2D eigenvalue weighted by atomic mass is 10.3. The maximum Gasteiger partial charge on any atom is 0.264 e. The van der Waals surface area contributed by atoms with E-state index in [1.165, 1.54) is 45.3 Å². The maximum atomic E-state index is 11.9. The van der Waals surface area contributed by atoms with Crippen molar-refractivity contribution in [1.82, 2.24) is 29.8 Å². The first-order chi connectivity index (χ1) is 23.7. The van der Waals surface area contributed by atoms with Gasteiger partial charge in [0.05, 0.1) is 19.5 Å². The van der Waals surface area contributed by atoms with Gasteiger partial charge in [0, 0.05) is 78.5 Å². The van der Waals surface area contributed by atoms with Gasteiger partial charge in [-0.25, -0.2) is 0 Å². The molecule has 0 saturated carbocycles. The van der Waals surface area contributed by atoms with Gasteiger partial charge in [-0.05, 0) is 71.5 Å². The molecule has 0 atom stereocenters. The molecule has 15 heteroatoms. The van der Waals surface area contributed by atoms with Crippen molar-refractivity contribution in [3.8, 4) is 0 Å². The maximum absolute atomic E-state index is 11.9. The summed E-state index contributed by atoms with van der Waals surface area (Å²) in [5.41, 5.74) is 0. The molecule has 0 bridgehead atoms. The van der Waals surface area contributed by atoms with Crippen LogP contribution in [0.2, 0.25) is 0 Å². The van der Waals surface area contributed by atoms with E-state index >= 15 is 0 Å². The van der Waals surface area contributed by atoms with Gasteiger partial charge >= 0.3 is 0 Å². The lowest BCUT2D eigenvalue weighted by molar-refractivity contribution is 0.0662. The van der Waals surface area contributed by atoms with E-state index in [0.717, 1.165) is 93.2 Å². The first-order valence-electron chi connectivity index (χ1n) is 16.0. The fourth-order valence-corrected chi connectivity index (χ4v) is 7.77. The van der Waals surface area contributed by atoms with E-state index in [1.54, 1.807) is 12.1 Å². The van der Waals surface area contributed by atoms with Crippen molar-refractivity contribution in [2.24, 2.45) is 0 Å². The third kappa shape index (κ3) is 13.3. The van der Waals surface area contributed by atoms with Crippen LogP contribution in [-0.4, -0.2) is 140 Å². The third-order valence-corrected chi connectivity index (χ3v) is 11.7. The summed E-state index contributed by atoms with van der Waals surface area (Å²) in [4.78, 5) is 59.3. The van der Waals surface area contributed by atoms with Gasteiger partial charge in [0.2, 0.25) is 0 Å². The Morgan fingerprint density at radius 2 is 0.820 bits per heavy atom. The van der Waals surface area contributed by atoms with Crippen molar-refractivity contribution in [3.63, 3.8) is 0 Å². The summed E-state index contributed by atoms with van der Waals surface area (Å²) in [7, 11) is 4.18. The van der Waals surface area contributed by atoms with Crippen molar-refractivity contribution in [1.29, 1.82) is 0 Å². The van der Waals surface area contributed by atoms with Crippen LogP contribution in [0.15, 0.2) is 70.1 Å². The second-order valence-corrected chi connectivity index (χ2v) is 15.6. The summed E-state index contributed by atoms with van der Waals surface area (Å²) in [5, 5.41) is 10.5. The first kappa shape index (κ1) is 41.5. The van der Waals surface area contributed by atoms with Crippen LogP contribution in [0.3, 0.4) is 0 Å². The van der Waals surface area contributed by atoms with E-state index in [1.807, 2.05) is 72.6 Å². The fourth-order valence-electron chi connectivity index (χ4n) is 4.95. The van der Waals surface area contributed by atoms with Crippen molar-refractivity contribution in [3.05, 3.63) is 89.6 Å². The number of rotatable bonds is 4. The van der Waals surface area contributed by atoms with Crippen molar-refractivity contribution in [2.45, 2.75) is 7.43 Å². The molecule has 7 heterocycles. The molecule has 50 heavy (non-hydrogen) atoms. The second kappa shape index (κ2) is 22.1. The van der Waals surface area contributed by atoms with E-state index < -0.39 is 0 Å². The summed E-state index contributed by atoms with van der Waals surface area (Å²) >= 11 is 11.0. The van der Waals surface area contributed by atoms with Crippen molar-refractivity contribution < 1.29 is 19.2 Å². The zero-order chi connectivity index (χ0) is 35.0. The van der Waals surface area contributed by atoms with Gasteiger partial charge in [0.15, 0.2) is 0 Å². The third-order valence-electron chi connectivity index (χ3n) is 7.90. The highest BCUT2D eigenvalue weighted by Crippen LogP contribution is 2.15. The molecule has 1 N–H and O–H groups in total. The van der Waals surface area contributed by atoms with Crippen LogP contribution in [0, 0.1) is 0 Å². The number of amides is 3. The van der Waals surface area contributed by atoms with E-state index in [4.69, 9.17) is 11.6 Å². The molecule has 0 unspecified atom stereocenters. The number of hydrogen-bond acceptors (Lipinski definition) is 11. The highest BCUT2D eigenvalue weighted by molar-refractivity contribution is 7.14. The molecule has 4 aromatic rings. The van der Waals surface area contributed by atoms with Gasteiger partial charge < -0.3 is 29.8 Å². The number of thiophene rings is 4. The number of halogens is 1. The van der Waals surface area contributed by atoms with Crippen LogP contribution in [0.4, 0.5) is 0 Å². The smallest absolute Gasteiger partial charge is 0.264 e. The lowest BCUT2D eigenvalue weighted by Crippen LogP contribution is -2.46. The lowest BCUT2D eigenvalue weighted by Gasteiger charge is -2.32. The van der Waals surface area contributed by atoms with E-state index in [9.17, 15) is 19.2 Å². The number of nitrogens with one attached hydrogen (secondary N) is 1. The largest absolute Gasteiger partial charge is 0.335 e. The summed E-state index contributed by atoms with van der Waals surface area (Å²) in [6, 6.07) is 14.9. The average molecular weight is 780 g/mol. The van der Waals surface area contributed by atoms with Crippen LogP contribution in [-0.2, 0) is 0 Å². The molecule has 0 spiro atoms.